The number of carbonyl (C=O) groups is 1. The van der Waals surface area contributed by atoms with Crippen LogP contribution in [-0.4, -0.2) is 17.5 Å². The number of amides is 1. The lowest BCUT2D eigenvalue weighted by Crippen LogP contribution is -2.24. The van der Waals surface area contributed by atoms with E-state index in [4.69, 9.17) is 4.74 Å². The van der Waals surface area contributed by atoms with Crippen LogP contribution in [0.4, 0.5) is 4.39 Å². The number of nitrogens with zero attached hydrogens (tertiary/aromatic N) is 1. The quantitative estimate of drug-likeness (QED) is 0.752. The maximum Gasteiger partial charge on any atom is 0.223 e. The minimum atomic E-state index is -0.314. The summed E-state index contributed by atoms with van der Waals surface area (Å²) in [5.74, 6) is 0.127. The van der Waals surface area contributed by atoms with Gasteiger partial charge in [-0.3, -0.25) is 4.79 Å². The van der Waals surface area contributed by atoms with Crippen LogP contribution in [0.3, 0.4) is 0 Å². The molecule has 0 aliphatic carbocycles. The highest BCUT2D eigenvalue weighted by Crippen LogP contribution is 2.21. The van der Waals surface area contributed by atoms with Crippen molar-refractivity contribution in [3.63, 3.8) is 0 Å². The Hall–Kier alpha value is -2.47. The van der Waals surface area contributed by atoms with Crippen molar-refractivity contribution in [1.82, 2.24) is 10.3 Å². The third-order valence-electron chi connectivity index (χ3n) is 3.19. The summed E-state index contributed by atoms with van der Waals surface area (Å²) in [4.78, 5) is 16.3. The summed E-state index contributed by atoms with van der Waals surface area (Å²) in [5.41, 5.74) is 0.946. The molecule has 0 bridgehead atoms. The molecule has 1 amide bonds. The Morgan fingerprint density at radius 3 is 2.74 bits per heavy atom. The summed E-state index contributed by atoms with van der Waals surface area (Å²) >= 11 is 1.57. The molecule has 3 aromatic rings. The van der Waals surface area contributed by atoms with E-state index in [2.05, 4.69) is 10.3 Å². The summed E-state index contributed by atoms with van der Waals surface area (Å²) in [6.45, 7) is 0.659. The SMILES string of the molecule is O=C(CCOc1ccc(F)cc1)NCc1nc2ccccc2s1. The highest BCUT2D eigenvalue weighted by molar-refractivity contribution is 7.18. The van der Waals surface area contributed by atoms with Crippen LogP contribution in [0.25, 0.3) is 10.2 Å². The minimum absolute atomic E-state index is 0.105. The predicted octanol–water partition coefficient (Wildman–Crippen LogP) is 3.52. The highest BCUT2D eigenvalue weighted by Gasteiger charge is 2.06. The number of ether oxygens (including phenoxy) is 1. The Bertz CT molecular complexity index is 769. The van der Waals surface area contributed by atoms with Gasteiger partial charge in [-0.2, -0.15) is 0 Å². The maximum absolute atomic E-state index is 12.8. The molecule has 118 valence electrons. The van der Waals surface area contributed by atoms with Crippen LogP contribution in [0.5, 0.6) is 5.75 Å². The monoisotopic (exact) mass is 330 g/mol. The van der Waals surface area contributed by atoms with Crippen molar-refractivity contribution < 1.29 is 13.9 Å². The minimum Gasteiger partial charge on any atom is -0.493 e. The molecule has 0 radical (unpaired) electrons. The highest BCUT2D eigenvalue weighted by atomic mass is 32.1. The third kappa shape index (κ3) is 4.26. The number of aromatic nitrogens is 1. The summed E-state index contributed by atoms with van der Waals surface area (Å²) < 4.78 is 19.2. The normalized spacial score (nSPS) is 10.7. The van der Waals surface area contributed by atoms with E-state index in [0.29, 0.717) is 12.3 Å². The number of nitrogens with one attached hydrogen (secondary N) is 1. The Balaban J connectivity index is 1.43. The van der Waals surface area contributed by atoms with E-state index >= 15 is 0 Å². The van der Waals surface area contributed by atoms with Crippen LogP contribution in [0.2, 0.25) is 0 Å². The van der Waals surface area contributed by atoms with Gasteiger partial charge in [0.05, 0.1) is 29.8 Å². The van der Waals surface area contributed by atoms with Gasteiger partial charge in [0.1, 0.15) is 16.6 Å². The number of para-hydroxylation sites is 1. The smallest absolute Gasteiger partial charge is 0.223 e. The number of rotatable bonds is 6. The van der Waals surface area contributed by atoms with Crippen LogP contribution in [0.15, 0.2) is 48.5 Å². The second-order valence-corrected chi connectivity index (χ2v) is 6.02. The van der Waals surface area contributed by atoms with Gasteiger partial charge in [-0.15, -0.1) is 11.3 Å². The van der Waals surface area contributed by atoms with Crippen molar-refractivity contribution in [2.45, 2.75) is 13.0 Å². The number of benzene rings is 2. The first-order valence-corrected chi connectivity index (χ1v) is 8.02. The van der Waals surface area contributed by atoms with E-state index in [1.54, 1.807) is 11.3 Å². The molecule has 1 heterocycles. The lowest BCUT2D eigenvalue weighted by Gasteiger charge is -2.06. The predicted molar refractivity (Wildman–Crippen MR) is 88.0 cm³/mol. The molecule has 23 heavy (non-hydrogen) atoms. The summed E-state index contributed by atoms with van der Waals surface area (Å²) in [6.07, 6.45) is 0.238. The molecular formula is C17H15FN2O2S. The molecule has 0 saturated heterocycles. The Morgan fingerprint density at radius 1 is 1.17 bits per heavy atom. The zero-order valence-electron chi connectivity index (χ0n) is 12.3. The number of hydrogen-bond acceptors (Lipinski definition) is 4. The van der Waals surface area contributed by atoms with Gasteiger partial charge < -0.3 is 10.1 Å². The van der Waals surface area contributed by atoms with Gasteiger partial charge in [-0.05, 0) is 36.4 Å². The van der Waals surface area contributed by atoms with E-state index in [1.807, 2.05) is 24.3 Å². The molecule has 3 rings (SSSR count). The molecule has 1 aromatic heterocycles. The van der Waals surface area contributed by atoms with Gasteiger partial charge in [0.25, 0.3) is 0 Å². The number of halogens is 1. The van der Waals surface area contributed by atoms with E-state index in [9.17, 15) is 9.18 Å². The van der Waals surface area contributed by atoms with Crippen molar-refractivity contribution in [2.75, 3.05) is 6.61 Å². The van der Waals surface area contributed by atoms with Gasteiger partial charge in [0.2, 0.25) is 5.91 Å². The van der Waals surface area contributed by atoms with Crippen LogP contribution in [-0.2, 0) is 11.3 Å². The fourth-order valence-corrected chi connectivity index (χ4v) is 2.96. The maximum atomic E-state index is 12.8. The molecule has 2 aromatic carbocycles. The first-order valence-electron chi connectivity index (χ1n) is 7.20. The number of carbonyl (C=O) groups excluding carboxylic acids is 1. The Morgan fingerprint density at radius 2 is 1.96 bits per heavy atom. The van der Waals surface area contributed by atoms with Crippen molar-refractivity contribution in [3.05, 3.63) is 59.4 Å². The topological polar surface area (TPSA) is 51.2 Å². The molecule has 1 N–H and O–H groups in total. The standard InChI is InChI=1S/C17H15FN2O2S/c18-12-5-7-13(8-6-12)22-10-9-16(21)19-11-17-20-14-3-1-2-4-15(14)23-17/h1-8H,9-11H2,(H,19,21). The van der Waals surface area contributed by atoms with Gasteiger partial charge in [0.15, 0.2) is 0 Å². The van der Waals surface area contributed by atoms with E-state index < -0.39 is 0 Å². The molecule has 4 nitrogen and oxygen atoms in total. The average molecular weight is 330 g/mol. The Labute approximate surface area is 136 Å². The van der Waals surface area contributed by atoms with Crippen LogP contribution >= 0.6 is 11.3 Å². The zero-order valence-corrected chi connectivity index (χ0v) is 13.1. The number of hydrogen-bond donors (Lipinski definition) is 1. The number of fused-ring (bicyclic) bond motifs is 1. The van der Waals surface area contributed by atoms with E-state index in [1.165, 1.54) is 24.3 Å². The fourth-order valence-electron chi connectivity index (χ4n) is 2.05. The van der Waals surface area contributed by atoms with E-state index in [0.717, 1.165) is 15.2 Å². The second-order valence-electron chi connectivity index (χ2n) is 4.90. The molecule has 0 unspecified atom stereocenters. The molecular weight excluding hydrogens is 315 g/mol. The molecule has 0 saturated carbocycles. The van der Waals surface area contributed by atoms with Crippen LogP contribution in [0.1, 0.15) is 11.4 Å². The summed E-state index contributed by atoms with van der Waals surface area (Å²) in [6, 6.07) is 13.6. The lowest BCUT2D eigenvalue weighted by atomic mass is 10.3. The van der Waals surface area contributed by atoms with Gasteiger partial charge in [-0.25, -0.2) is 9.37 Å². The molecule has 0 fully saturated rings. The fraction of sp³-hybridized carbons (Fsp3) is 0.176. The van der Waals surface area contributed by atoms with Crippen molar-refractivity contribution in [1.29, 1.82) is 0 Å². The number of thiazole rings is 1. The second kappa shape index (κ2) is 7.19. The van der Waals surface area contributed by atoms with Crippen LogP contribution in [0, 0.1) is 5.82 Å². The third-order valence-corrected chi connectivity index (χ3v) is 4.22. The first kappa shape index (κ1) is 15.4. The molecule has 0 atom stereocenters. The molecule has 0 aliphatic rings. The average Bonchev–Trinajstić information content (AvgIpc) is 2.98. The van der Waals surface area contributed by atoms with Crippen LogP contribution < -0.4 is 10.1 Å². The lowest BCUT2D eigenvalue weighted by molar-refractivity contribution is -0.121. The van der Waals surface area contributed by atoms with Crippen molar-refractivity contribution >= 4 is 27.5 Å². The summed E-state index contributed by atoms with van der Waals surface area (Å²) in [7, 11) is 0. The Kier molecular flexibility index (Phi) is 4.83. The molecule has 6 heteroatoms. The van der Waals surface area contributed by atoms with Crippen molar-refractivity contribution in [2.24, 2.45) is 0 Å². The summed E-state index contributed by atoms with van der Waals surface area (Å²) in [5, 5.41) is 3.70. The van der Waals surface area contributed by atoms with E-state index in [-0.39, 0.29) is 24.8 Å². The van der Waals surface area contributed by atoms with Gasteiger partial charge in [0, 0.05) is 0 Å². The zero-order chi connectivity index (χ0) is 16.1. The molecule has 0 aliphatic heterocycles. The first-order chi connectivity index (χ1) is 11.2. The largest absolute Gasteiger partial charge is 0.493 e. The van der Waals surface area contributed by atoms with Gasteiger partial charge >= 0.3 is 0 Å². The van der Waals surface area contributed by atoms with Gasteiger partial charge in [-0.1, -0.05) is 12.1 Å². The van der Waals surface area contributed by atoms with Crippen molar-refractivity contribution in [3.8, 4) is 5.75 Å². The molecule has 0 spiro atoms.